The van der Waals surface area contributed by atoms with E-state index in [4.69, 9.17) is 5.11 Å². The second kappa shape index (κ2) is 7.41. The molecule has 2 nitrogen and oxygen atoms in total. The van der Waals surface area contributed by atoms with E-state index in [0.29, 0.717) is 0 Å². The zero-order chi connectivity index (χ0) is 8.53. The van der Waals surface area contributed by atoms with Crippen LogP contribution >= 0.6 is 12.2 Å². The summed E-state index contributed by atoms with van der Waals surface area (Å²) in [5, 5.41) is 9.92. The molecule has 0 aromatic heterocycles. The lowest BCUT2D eigenvalue weighted by Crippen LogP contribution is -1.85. The van der Waals surface area contributed by atoms with Crippen molar-refractivity contribution in [3.05, 3.63) is 12.2 Å². The summed E-state index contributed by atoms with van der Waals surface area (Å²) in [4.78, 5) is 9.98. The standard InChI is InChI=1S/C8H12O2S/c9-8(10)6-4-2-1-3-5-7-11/h4,6-7H,1-3,5H2,(H,9,10). The molecule has 0 amide bonds. The second-order valence-electron chi connectivity index (χ2n) is 2.19. The van der Waals surface area contributed by atoms with Crippen molar-refractivity contribution in [2.45, 2.75) is 25.7 Å². The molecule has 0 saturated carbocycles. The summed E-state index contributed by atoms with van der Waals surface area (Å²) in [5.41, 5.74) is 0. The monoisotopic (exact) mass is 172 g/mol. The summed E-state index contributed by atoms with van der Waals surface area (Å²) in [7, 11) is 0. The molecule has 0 aromatic carbocycles. The van der Waals surface area contributed by atoms with Crippen LogP contribution in [0, 0.1) is 0 Å². The number of carboxylic acid groups (broad SMARTS) is 1. The van der Waals surface area contributed by atoms with Crippen LogP contribution in [0.5, 0.6) is 0 Å². The zero-order valence-electron chi connectivity index (χ0n) is 6.32. The van der Waals surface area contributed by atoms with Crippen LogP contribution < -0.4 is 0 Å². The Kier molecular flexibility index (Phi) is 6.94. The van der Waals surface area contributed by atoms with Crippen LogP contribution in [0.1, 0.15) is 25.7 Å². The fourth-order valence-electron chi connectivity index (χ4n) is 0.674. The van der Waals surface area contributed by atoms with Crippen LogP contribution in [0.4, 0.5) is 0 Å². The van der Waals surface area contributed by atoms with Gasteiger partial charge < -0.3 is 5.11 Å². The first-order chi connectivity index (χ1) is 5.27. The van der Waals surface area contributed by atoms with Gasteiger partial charge in [-0.15, -0.1) is 0 Å². The Hall–Kier alpha value is -0.700. The van der Waals surface area contributed by atoms with Gasteiger partial charge in [0.2, 0.25) is 0 Å². The van der Waals surface area contributed by atoms with Gasteiger partial charge in [0, 0.05) is 6.08 Å². The molecule has 0 aliphatic heterocycles. The van der Waals surface area contributed by atoms with E-state index in [1.54, 1.807) is 11.4 Å². The Bertz CT molecular complexity index is 152. The van der Waals surface area contributed by atoms with Crippen molar-refractivity contribution in [1.82, 2.24) is 0 Å². The normalized spacial score (nSPS) is 10.2. The molecule has 0 saturated heterocycles. The molecule has 0 radical (unpaired) electrons. The molecule has 1 N–H and O–H groups in total. The maximum Gasteiger partial charge on any atom is 0.327 e. The van der Waals surface area contributed by atoms with Crippen LogP contribution in [-0.4, -0.2) is 16.4 Å². The number of thiocarbonyl (C=S) groups is 1. The average Bonchev–Trinajstić information content (AvgIpc) is 1.96. The Balaban J connectivity index is 3.13. The predicted octanol–water partition coefficient (Wildman–Crippen LogP) is 2.19. The van der Waals surface area contributed by atoms with E-state index in [1.807, 2.05) is 0 Å². The minimum Gasteiger partial charge on any atom is -0.478 e. The van der Waals surface area contributed by atoms with E-state index in [-0.39, 0.29) is 0 Å². The highest BCUT2D eigenvalue weighted by atomic mass is 32.1. The van der Waals surface area contributed by atoms with Gasteiger partial charge in [-0.2, -0.15) is 0 Å². The molecule has 0 aliphatic carbocycles. The summed E-state index contributed by atoms with van der Waals surface area (Å²) >= 11 is 4.63. The maximum atomic E-state index is 9.98. The van der Waals surface area contributed by atoms with Gasteiger partial charge in [0.05, 0.1) is 0 Å². The Morgan fingerprint density at radius 1 is 1.36 bits per heavy atom. The fraction of sp³-hybridized carbons (Fsp3) is 0.500. The van der Waals surface area contributed by atoms with Gasteiger partial charge in [0.25, 0.3) is 0 Å². The van der Waals surface area contributed by atoms with Crippen molar-refractivity contribution >= 4 is 23.6 Å². The molecular weight excluding hydrogens is 160 g/mol. The summed E-state index contributed by atoms with van der Waals surface area (Å²) in [5.74, 6) is -0.875. The highest BCUT2D eigenvalue weighted by Gasteiger charge is 1.85. The molecule has 0 heterocycles. The van der Waals surface area contributed by atoms with Crippen LogP contribution in [0.3, 0.4) is 0 Å². The molecule has 62 valence electrons. The van der Waals surface area contributed by atoms with Crippen molar-refractivity contribution in [3.63, 3.8) is 0 Å². The smallest absolute Gasteiger partial charge is 0.327 e. The number of unbranched alkanes of at least 4 members (excludes halogenated alkanes) is 3. The van der Waals surface area contributed by atoms with Crippen LogP contribution in [0.25, 0.3) is 0 Å². The first kappa shape index (κ1) is 10.3. The first-order valence-electron chi connectivity index (χ1n) is 3.60. The number of allylic oxidation sites excluding steroid dienone is 1. The van der Waals surface area contributed by atoms with Gasteiger partial charge in [-0.05, 0) is 31.1 Å². The molecule has 0 rings (SSSR count). The third kappa shape index (κ3) is 9.30. The lowest BCUT2D eigenvalue weighted by Gasteiger charge is -1.89. The Morgan fingerprint density at radius 3 is 2.55 bits per heavy atom. The average molecular weight is 172 g/mol. The van der Waals surface area contributed by atoms with E-state index in [0.717, 1.165) is 25.7 Å². The molecule has 0 unspecified atom stereocenters. The third-order valence-corrected chi connectivity index (χ3v) is 1.44. The highest BCUT2D eigenvalue weighted by molar-refractivity contribution is 7.78. The van der Waals surface area contributed by atoms with Gasteiger partial charge in [-0.1, -0.05) is 18.3 Å². The number of carboxylic acids is 1. The van der Waals surface area contributed by atoms with Gasteiger partial charge in [0.1, 0.15) is 0 Å². The Morgan fingerprint density at radius 2 is 2.00 bits per heavy atom. The van der Waals surface area contributed by atoms with Crippen LogP contribution in [0.15, 0.2) is 12.2 Å². The van der Waals surface area contributed by atoms with Gasteiger partial charge >= 0.3 is 5.97 Å². The largest absolute Gasteiger partial charge is 0.478 e. The number of hydrogen-bond acceptors (Lipinski definition) is 2. The topological polar surface area (TPSA) is 37.3 Å². The summed E-state index contributed by atoms with van der Waals surface area (Å²) in [6, 6.07) is 0. The third-order valence-electron chi connectivity index (χ3n) is 1.20. The lowest BCUT2D eigenvalue weighted by atomic mass is 10.2. The lowest BCUT2D eigenvalue weighted by molar-refractivity contribution is -0.131. The van der Waals surface area contributed by atoms with Crippen molar-refractivity contribution < 1.29 is 9.90 Å². The summed E-state index contributed by atoms with van der Waals surface area (Å²) < 4.78 is 0. The maximum absolute atomic E-state index is 9.98. The fourth-order valence-corrected chi connectivity index (χ4v) is 0.841. The first-order valence-corrected chi connectivity index (χ1v) is 4.07. The van der Waals surface area contributed by atoms with Crippen molar-refractivity contribution in [1.29, 1.82) is 0 Å². The number of carbonyl (C=O) groups is 1. The molecule has 0 fully saturated rings. The Labute approximate surface area is 71.9 Å². The van der Waals surface area contributed by atoms with Gasteiger partial charge in [0.15, 0.2) is 0 Å². The van der Waals surface area contributed by atoms with E-state index in [9.17, 15) is 4.79 Å². The van der Waals surface area contributed by atoms with Crippen LogP contribution in [-0.2, 0) is 4.79 Å². The minimum absolute atomic E-state index is 0.829. The van der Waals surface area contributed by atoms with Crippen molar-refractivity contribution in [2.75, 3.05) is 0 Å². The SMILES string of the molecule is O=C(O)C=CCCCCC=S. The molecule has 0 atom stereocenters. The summed E-state index contributed by atoms with van der Waals surface area (Å²) in [6.45, 7) is 0. The minimum atomic E-state index is -0.875. The van der Waals surface area contributed by atoms with Crippen molar-refractivity contribution in [2.24, 2.45) is 0 Å². The zero-order valence-corrected chi connectivity index (χ0v) is 7.14. The number of aliphatic carboxylic acids is 1. The molecule has 3 heteroatoms. The molecule has 0 bridgehead atoms. The van der Waals surface area contributed by atoms with Crippen molar-refractivity contribution in [3.8, 4) is 0 Å². The molecule has 0 spiro atoms. The quantitative estimate of drug-likeness (QED) is 0.379. The predicted molar refractivity (Wildman–Crippen MR) is 48.9 cm³/mol. The van der Waals surface area contributed by atoms with E-state index >= 15 is 0 Å². The van der Waals surface area contributed by atoms with E-state index in [1.165, 1.54) is 6.08 Å². The van der Waals surface area contributed by atoms with Gasteiger partial charge in [-0.3, -0.25) is 0 Å². The summed E-state index contributed by atoms with van der Waals surface area (Å²) in [6.07, 6.45) is 6.68. The molecule has 11 heavy (non-hydrogen) atoms. The van der Waals surface area contributed by atoms with E-state index < -0.39 is 5.97 Å². The molecular formula is C8H12O2S. The van der Waals surface area contributed by atoms with Gasteiger partial charge in [-0.25, -0.2) is 4.79 Å². The number of rotatable bonds is 6. The van der Waals surface area contributed by atoms with Crippen LogP contribution in [0.2, 0.25) is 0 Å². The molecule has 0 aliphatic rings. The second-order valence-corrected chi connectivity index (χ2v) is 2.53. The van der Waals surface area contributed by atoms with E-state index in [2.05, 4.69) is 12.2 Å². The number of hydrogen-bond donors (Lipinski definition) is 1. The molecule has 0 aromatic rings. The highest BCUT2D eigenvalue weighted by Crippen LogP contribution is 1.98.